The van der Waals surface area contributed by atoms with Crippen LogP contribution in [0.1, 0.15) is 10.5 Å². The normalized spacial score (nSPS) is 10.7. The summed E-state index contributed by atoms with van der Waals surface area (Å²) < 4.78 is 5.84. The molecule has 18 heavy (non-hydrogen) atoms. The van der Waals surface area contributed by atoms with Crippen LogP contribution in [0, 0.1) is 0 Å². The fourth-order valence-electron chi connectivity index (χ4n) is 1.77. The van der Waals surface area contributed by atoms with E-state index in [9.17, 15) is 4.79 Å². The summed E-state index contributed by atoms with van der Waals surface area (Å²) in [5.41, 5.74) is 1.13. The van der Waals surface area contributed by atoms with Crippen LogP contribution in [0.3, 0.4) is 0 Å². The number of aromatic nitrogens is 2. The minimum atomic E-state index is -0.432. The second-order valence-corrected chi connectivity index (χ2v) is 4.89. The fraction of sp³-hybridized carbons (Fsp3) is 0.0769. The molecular formula is C13H10N2O2S. The van der Waals surface area contributed by atoms with Gasteiger partial charge in [0.05, 0.1) is 17.7 Å². The number of ether oxygens (including phenoxy) is 1. The van der Waals surface area contributed by atoms with Crippen molar-refractivity contribution in [3.05, 3.63) is 42.1 Å². The van der Waals surface area contributed by atoms with Crippen LogP contribution < -0.4 is 0 Å². The molecule has 0 amide bonds. The lowest BCUT2D eigenvalue weighted by molar-refractivity contribution is 0.0594. The third-order valence-corrected chi connectivity index (χ3v) is 3.81. The number of hydrogen-bond donors (Lipinski definition) is 1. The van der Waals surface area contributed by atoms with Crippen molar-refractivity contribution < 1.29 is 9.53 Å². The number of carbonyl (C=O) groups is 1. The van der Waals surface area contributed by atoms with Gasteiger partial charge in [0.2, 0.25) is 0 Å². The maximum Gasteiger partial charge on any atom is 0.358 e. The van der Waals surface area contributed by atoms with Crippen LogP contribution in [0.25, 0.3) is 20.7 Å². The van der Waals surface area contributed by atoms with Crippen LogP contribution in [-0.4, -0.2) is 23.3 Å². The highest BCUT2D eigenvalue weighted by atomic mass is 32.1. The van der Waals surface area contributed by atoms with E-state index in [1.807, 2.05) is 12.1 Å². The Hall–Kier alpha value is -2.14. The molecule has 0 aliphatic carbocycles. The van der Waals surface area contributed by atoms with E-state index in [-0.39, 0.29) is 0 Å². The average Bonchev–Trinajstić information content (AvgIpc) is 3.03. The molecule has 4 nitrogen and oxygen atoms in total. The Balaban J connectivity index is 2.03. The summed E-state index contributed by atoms with van der Waals surface area (Å²) in [7, 11) is 1.34. The molecule has 5 heteroatoms. The Morgan fingerprint density at radius 3 is 2.94 bits per heavy atom. The number of fused-ring (bicyclic) bond motifs is 1. The first kappa shape index (κ1) is 11.0. The van der Waals surface area contributed by atoms with Gasteiger partial charge in [0.15, 0.2) is 5.69 Å². The largest absolute Gasteiger partial charge is 0.464 e. The predicted octanol–water partition coefficient (Wildman–Crippen LogP) is 3.08. The Bertz CT molecular complexity index is 681. The molecule has 2 heterocycles. The Kier molecular flexibility index (Phi) is 2.60. The van der Waals surface area contributed by atoms with E-state index in [1.165, 1.54) is 17.2 Å². The second kappa shape index (κ2) is 4.27. The van der Waals surface area contributed by atoms with E-state index in [0.717, 1.165) is 10.6 Å². The first-order chi connectivity index (χ1) is 8.78. The Morgan fingerprint density at radius 1 is 1.33 bits per heavy atom. The van der Waals surface area contributed by atoms with Crippen molar-refractivity contribution in [1.29, 1.82) is 0 Å². The van der Waals surface area contributed by atoms with E-state index >= 15 is 0 Å². The molecule has 0 saturated heterocycles. The third kappa shape index (κ3) is 1.78. The number of hydrogen-bond acceptors (Lipinski definition) is 4. The predicted molar refractivity (Wildman–Crippen MR) is 70.7 cm³/mol. The van der Waals surface area contributed by atoms with Gasteiger partial charge in [-0.2, -0.15) is 5.10 Å². The monoisotopic (exact) mass is 258 g/mol. The fourth-order valence-corrected chi connectivity index (χ4v) is 2.80. The number of esters is 1. The lowest BCUT2D eigenvalue weighted by atomic mass is 10.2. The van der Waals surface area contributed by atoms with Crippen molar-refractivity contribution >= 4 is 27.4 Å². The molecule has 1 N–H and O–H groups in total. The second-order valence-electron chi connectivity index (χ2n) is 3.81. The van der Waals surface area contributed by atoms with Crippen molar-refractivity contribution in [1.82, 2.24) is 10.2 Å². The van der Waals surface area contributed by atoms with Gasteiger partial charge in [0.25, 0.3) is 0 Å². The summed E-state index contributed by atoms with van der Waals surface area (Å²) >= 11 is 1.66. The summed E-state index contributed by atoms with van der Waals surface area (Å²) in [6.07, 6.45) is 0. The first-order valence-corrected chi connectivity index (χ1v) is 6.22. The number of methoxy groups -OCH3 is 1. The molecule has 0 spiro atoms. The van der Waals surface area contributed by atoms with Gasteiger partial charge in [0, 0.05) is 4.70 Å². The molecule has 0 aliphatic rings. The lowest BCUT2D eigenvalue weighted by Crippen LogP contribution is -2.00. The molecule has 0 fully saturated rings. The van der Waals surface area contributed by atoms with Crippen molar-refractivity contribution in [2.45, 2.75) is 0 Å². The minimum Gasteiger partial charge on any atom is -0.464 e. The molecule has 0 radical (unpaired) electrons. The van der Waals surface area contributed by atoms with Gasteiger partial charge in [0.1, 0.15) is 0 Å². The summed E-state index contributed by atoms with van der Waals surface area (Å²) in [5, 5.41) is 7.99. The number of H-pyrrole nitrogens is 1. The molecule has 0 unspecified atom stereocenters. The van der Waals surface area contributed by atoms with Crippen LogP contribution in [0.2, 0.25) is 0 Å². The molecule has 0 aliphatic heterocycles. The number of thiophene rings is 1. The van der Waals surface area contributed by atoms with Crippen molar-refractivity contribution in [3.63, 3.8) is 0 Å². The van der Waals surface area contributed by atoms with E-state index in [1.54, 1.807) is 17.4 Å². The van der Waals surface area contributed by atoms with Crippen LogP contribution in [-0.2, 0) is 4.74 Å². The van der Waals surface area contributed by atoms with Gasteiger partial charge >= 0.3 is 5.97 Å². The summed E-state index contributed by atoms with van der Waals surface area (Å²) in [6.45, 7) is 0. The highest BCUT2D eigenvalue weighted by molar-refractivity contribution is 7.22. The molecule has 2 aromatic heterocycles. The molecule has 90 valence electrons. The zero-order chi connectivity index (χ0) is 12.5. The van der Waals surface area contributed by atoms with Gasteiger partial charge < -0.3 is 4.74 Å². The van der Waals surface area contributed by atoms with Gasteiger partial charge in [-0.25, -0.2) is 4.79 Å². The summed E-state index contributed by atoms with van der Waals surface area (Å²) in [6, 6.07) is 11.9. The van der Waals surface area contributed by atoms with Crippen LogP contribution in [0.4, 0.5) is 0 Å². The van der Waals surface area contributed by atoms with E-state index in [0.29, 0.717) is 5.69 Å². The Labute approximate surface area is 107 Å². The van der Waals surface area contributed by atoms with Crippen molar-refractivity contribution in [2.75, 3.05) is 7.11 Å². The minimum absolute atomic E-state index is 0.296. The maximum atomic E-state index is 11.3. The molecular weight excluding hydrogens is 248 g/mol. The molecule has 1 aromatic carbocycles. The molecule has 3 aromatic rings. The average molecular weight is 258 g/mol. The van der Waals surface area contributed by atoms with Gasteiger partial charge in [-0.3, -0.25) is 5.10 Å². The maximum absolute atomic E-state index is 11.3. The first-order valence-electron chi connectivity index (χ1n) is 5.40. The molecule has 0 atom stereocenters. The van der Waals surface area contributed by atoms with Crippen LogP contribution in [0.15, 0.2) is 36.4 Å². The smallest absolute Gasteiger partial charge is 0.358 e. The quantitative estimate of drug-likeness (QED) is 0.719. The number of carbonyl (C=O) groups excluding carboxylic acids is 1. The van der Waals surface area contributed by atoms with E-state index < -0.39 is 5.97 Å². The zero-order valence-corrected chi connectivity index (χ0v) is 10.5. The van der Waals surface area contributed by atoms with Crippen LogP contribution in [0.5, 0.6) is 0 Å². The van der Waals surface area contributed by atoms with Crippen LogP contribution >= 0.6 is 11.3 Å². The number of aromatic amines is 1. The summed E-state index contributed by atoms with van der Waals surface area (Å²) in [4.78, 5) is 12.4. The molecule has 3 rings (SSSR count). The molecule has 0 bridgehead atoms. The number of nitrogens with zero attached hydrogens (tertiary/aromatic N) is 1. The van der Waals surface area contributed by atoms with Crippen molar-refractivity contribution in [2.24, 2.45) is 0 Å². The number of benzene rings is 1. The highest BCUT2D eigenvalue weighted by Gasteiger charge is 2.12. The van der Waals surface area contributed by atoms with Gasteiger partial charge in [-0.15, -0.1) is 11.3 Å². The topological polar surface area (TPSA) is 55.0 Å². The van der Waals surface area contributed by atoms with Crippen molar-refractivity contribution in [3.8, 4) is 10.6 Å². The van der Waals surface area contributed by atoms with E-state index in [2.05, 4.69) is 33.1 Å². The molecule has 0 saturated carbocycles. The standard InChI is InChI=1S/C13H10N2O2S/c1-17-13(16)10-7-9(14-15-10)12-6-8-4-2-3-5-11(8)18-12/h2-7H,1H3,(H,14,15). The van der Waals surface area contributed by atoms with E-state index in [4.69, 9.17) is 0 Å². The highest BCUT2D eigenvalue weighted by Crippen LogP contribution is 2.32. The summed E-state index contributed by atoms with van der Waals surface area (Å²) in [5.74, 6) is -0.432. The Morgan fingerprint density at radius 2 is 2.17 bits per heavy atom. The lowest BCUT2D eigenvalue weighted by Gasteiger charge is -1.90. The van der Waals surface area contributed by atoms with Gasteiger partial charge in [-0.05, 0) is 23.6 Å². The third-order valence-electron chi connectivity index (χ3n) is 2.66. The van der Waals surface area contributed by atoms with Gasteiger partial charge in [-0.1, -0.05) is 18.2 Å². The number of rotatable bonds is 2. The zero-order valence-electron chi connectivity index (χ0n) is 9.64. The number of nitrogens with one attached hydrogen (secondary N) is 1. The SMILES string of the molecule is COC(=O)c1cc(-c2cc3ccccc3s2)[nH]n1.